The standard InChI is InChI=1S/C19H22F3N5O3/c1-10(2)11-5-6-12-13(7-11)25-16(24-12)15(9-29-18(3,4)19(20,21)22)26-17(28)14-8-23-30-27-14/h5-8,10,15H,9H2,1-4H3,(H,24,25)(H,26,28). The molecule has 0 fully saturated rings. The Labute approximate surface area is 170 Å². The molecule has 162 valence electrons. The van der Waals surface area contributed by atoms with Gasteiger partial charge in [0.05, 0.1) is 17.6 Å². The second kappa shape index (κ2) is 8.05. The number of carbonyl (C=O) groups is 1. The van der Waals surface area contributed by atoms with Crippen molar-refractivity contribution >= 4 is 16.9 Å². The molecule has 1 unspecified atom stereocenters. The van der Waals surface area contributed by atoms with Crippen molar-refractivity contribution in [3.05, 3.63) is 41.5 Å². The molecule has 0 bridgehead atoms. The first kappa shape index (κ1) is 21.8. The summed E-state index contributed by atoms with van der Waals surface area (Å²) < 4.78 is 49.1. The van der Waals surface area contributed by atoms with Gasteiger partial charge in [-0.3, -0.25) is 4.79 Å². The minimum Gasteiger partial charge on any atom is -0.364 e. The van der Waals surface area contributed by atoms with Crippen LogP contribution >= 0.6 is 0 Å². The molecular formula is C19H22F3N5O3. The number of ether oxygens (including phenoxy) is 1. The van der Waals surface area contributed by atoms with Gasteiger partial charge in [0.25, 0.3) is 5.91 Å². The first-order valence-corrected chi connectivity index (χ1v) is 9.26. The van der Waals surface area contributed by atoms with Crippen LogP contribution in [0, 0.1) is 0 Å². The third kappa shape index (κ3) is 4.61. The zero-order chi connectivity index (χ0) is 22.1. The molecule has 0 aliphatic carbocycles. The summed E-state index contributed by atoms with van der Waals surface area (Å²) in [6, 6.07) is 4.66. The molecule has 2 N–H and O–H groups in total. The van der Waals surface area contributed by atoms with Gasteiger partial charge >= 0.3 is 6.18 Å². The van der Waals surface area contributed by atoms with E-state index >= 15 is 0 Å². The van der Waals surface area contributed by atoms with Gasteiger partial charge in [0.15, 0.2) is 11.3 Å². The molecule has 0 radical (unpaired) electrons. The van der Waals surface area contributed by atoms with E-state index < -0.39 is 30.3 Å². The largest absolute Gasteiger partial charge is 0.416 e. The van der Waals surface area contributed by atoms with Gasteiger partial charge in [0, 0.05) is 0 Å². The molecule has 0 aliphatic heterocycles. The molecule has 0 saturated carbocycles. The lowest BCUT2D eigenvalue weighted by Gasteiger charge is -2.29. The van der Waals surface area contributed by atoms with Crippen molar-refractivity contribution in [2.75, 3.05) is 6.61 Å². The second-order valence-electron chi connectivity index (χ2n) is 7.69. The first-order chi connectivity index (χ1) is 14.0. The quantitative estimate of drug-likeness (QED) is 0.595. The smallest absolute Gasteiger partial charge is 0.364 e. The number of hydrogen-bond donors (Lipinski definition) is 2. The molecule has 30 heavy (non-hydrogen) atoms. The van der Waals surface area contributed by atoms with E-state index in [1.807, 2.05) is 32.0 Å². The molecule has 1 aromatic carbocycles. The van der Waals surface area contributed by atoms with Crippen LogP contribution in [0.2, 0.25) is 0 Å². The number of nitrogens with one attached hydrogen (secondary N) is 2. The molecule has 0 saturated heterocycles. The van der Waals surface area contributed by atoms with E-state index in [0.29, 0.717) is 11.0 Å². The Kier molecular flexibility index (Phi) is 5.84. The maximum Gasteiger partial charge on any atom is 0.416 e. The van der Waals surface area contributed by atoms with E-state index in [1.54, 1.807) is 0 Å². The van der Waals surface area contributed by atoms with Crippen LogP contribution in [0.4, 0.5) is 13.2 Å². The fraction of sp³-hybridized carbons (Fsp3) is 0.474. The SMILES string of the molecule is CC(C)c1ccc2nc(C(COC(C)(C)C(F)(F)F)NC(=O)c3cnon3)[nH]c2c1. The highest BCUT2D eigenvalue weighted by Gasteiger charge is 2.49. The monoisotopic (exact) mass is 425 g/mol. The Morgan fingerprint density at radius 1 is 1.30 bits per heavy atom. The summed E-state index contributed by atoms with van der Waals surface area (Å²) in [6.45, 7) is 5.45. The van der Waals surface area contributed by atoms with E-state index in [1.165, 1.54) is 0 Å². The fourth-order valence-corrected chi connectivity index (χ4v) is 2.63. The molecule has 3 rings (SSSR count). The number of aromatic nitrogens is 4. The predicted molar refractivity (Wildman–Crippen MR) is 101 cm³/mol. The summed E-state index contributed by atoms with van der Waals surface area (Å²) >= 11 is 0. The van der Waals surface area contributed by atoms with E-state index in [-0.39, 0.29) is 17.4 Å². The first-order valence-electron chi connectivity index (χ1n) is 9.26. The summed E-state index contributed by atoms with van der Waals surface area (Å²) in [6.07, 6.45) is -3.49. The highest BCUT2D eigenvalue weighted by molar-refractivity contribution is 5.92. The van der Waals surface area contributed by atoms with Crippen LogP contribution in [0.3, 0.4) is 0 Å². The number of aromatic amines is 1. The number of fused-ring (bicyclic) bond motifs is 1. The molecule has 1 atom stereocenters. The van der Waals surface area contributed by atoms with Crippen molar-refractivity contribution in [1.29, 1.82) is 0 Å². The third-order valence-electron chi connectivity index (χ3n) is 4.71. The normalized spacial score (nSPS) is 13.7. The minimum absolute atomic E-state index is 0.117. The number of H-pyrrole nitrogens is 1. The molecule has 0 spiro atoms. The summed E-state index contributed by atoms with van der Waals surface area (Å²) in [7, 11) is 0. The van der Waals surface area contributed by atoms with Crippen molar-refractivity contribution < 1.29 is 27.3 Å². The molecule has 2 aromatic heterocycles. The Balaban J connectivity index is 1.90. The zero-order valence-electron chi connectivity index (χ0n) is 16.9. The highest BCUT2D eigenvalue weighted by atomic mass is 19.4. The van der Waals surface area contributed by atoms with Gasteiger partial charge in [0.1, 0.15) is 18.1 Å². The van der Waals surface area contributed by atoms with Crippen molar-refractivity contribution in [2.45, 2.75) is 51.4 Å². The third-order valence-corrected chi connectivity index (χ3v) is 4.71. The topological polar surface area (TPSA) is 106 Å². The molecule has 3 aromatic rings. The second-order valence-corrected chi connectivity index (χ2v) is 7.69. The number of alkyl halides is 3. The summed E-state index contributed by atoms with van der Waals surface area (Å²) in [5.41, 5.74) is -0.141. The van der Waals surface area contributed by atoms with Crippen LogP contribution < -0.4 is 5.32 Å². The minimum atomic E-state index is -4.59. The number of halogens is 3. The van der Waals surface area contributed by atoms with Crippen LogP contribution in [-0.4, -0.2) is 44.6 Å². The number of carbonyl (C=O) groups excluding carboxylic acids is 1. The van der Waals surface area contributed by atoms with Crippen LogP contribution in [-0.2, 0) is 4.74 Å². The van der Waals surface area contributed by atoms with Crippen molar-refractivity contribution in [2.24, 2.45) is 0 Å². The molecular weight excluding hydrogens is 403 g/mol. The summed E-state index contributed by atoms with van der Waals surface area (Å²) in [5.74, 6) is -0.140. The van der Waals surface area contributed by atoms with Crippen LogP contribution in [0.25, 0.3) is 11.0 Å². The summed E-state index contributed by atoms with van der Waals surface area (Å²) in [4.78, 5) is 19.9. The number of imidazole rings is 1. The lowest BCUT2D eigenvalue weighted by molar-refractivity contribution is -0.265. The number of benzene rings is 1. The maximum absolute atomic E-state index is 13.2. The maximum atomic E-state index is 13.2. The van der Waals surface area contributed by atoms with Gasteiger partial charge in [-0.2, -0.15) is 13.2 Å². The van der Waals surface area contributed by atoms with Crippen LogP contribution in [0.5, 0.6) is 0 Å². The molecule has 1 amide bonds. The predicted octanol–water partition coefficient (Wildman–Crippen LogP) is 3.90. The lowest BCUT2D eigenvalue weighted by Crippen LogP contribution is -2.44. The van der Waals surface area contributed by atoms with Gasteiger partial charge < -0.3 is 15.0 Å². The molecule has 2 heterocycles. The Morgan fingerprint density at radius 3 is 2.63 bits per heavy atom. The molecule has 8 nitrogen and oxygen atoms in total. The molecule has 11 heteroatoms. The van der Waals surface area contributed by atoms with E-state index in [2.05, 4.69) is 30.2 Å². The summed E-state index contributed by atoms with van der Waals surface area (Å²) in [5, 5.41) is 9.36. The Hall–Kier alpha value is -2.95. The van der Waals surface area contributed by atoms with Crippen molar-refractivity contribution in [1.82, 2.24) is 25.6 Å². The van der Waals surface area contributed by atoms with Gasteiger partial charge in [-0.1, -0.05) is 25.1 Å². The van der Waals surface area contributed by atoms with Crippen molar-refractivity contribution in [3.63, 3.8) is 0 Å². The number of rotatable bonds is 7. The Bertz CT molecular complexity index is 1010. The van der Waals surface area contributed by atoms with Crippen LogP contribution in [0.1, 0.15) is 61.5 Å². The van der Waals surface area contributed by atoms with E-state index in [0.717, 1.165) is 25.6 Å². The highest BCUT2D eigenvalue weighted by Crippen LogP contribution is 2.33. The van der Waals surface area contributed by atoms with E-state index in [4.69, 9.17) is 4.74 Å². The van der Waals surface area contributed by atoms with Gasteiger partial charge in [-0.25, -0.2) is 9.61 Å². The number of hydrogen-bond acceptors (Lipinski definition) is 6. The Morgan fingerprint density at radius 2 is 2.03 bits per heavy atom. The average molecular weight is 425 g/mol. The van der Waals surface area contributed by atoms with Gasteiger partial charge in [0.2, 0.25) is 0 Å². The van der Waals surface area contributed by atoms with Crippen LogP contribution in [0.15, 0.2) is 29.0 Å². The molecule has 0 aliphatic rings. The zero-order valence-corrected chi connectivity index (χ0v) is 16.9. The van der Waals surface area contributed by atoms with E-state index in [9.17, 15) is 18.0 Å². The van der Waals surface area contributed by atoms with Crippen molar-refractivity contribution in [3.8, 4) is 0 Å². The number of nitrogens with zero attached hydrogens (tertiary/aromatic N) is 3. The van der Waals surface area contributed by atoms with Gasteiger partial charge in [-0.15, -0.1) is 0 Å². The number of amides is 1. The van der Waals surface area contributed by atoms with Gasteiger partial charge in [-0.05, 0) is 42.6 Å². The lowest BCUT2D eigenvalue weighted by atomic mass is 10.0. The fourth-order valence-electron chi connectivity index (χ4n) is 2.63. The average Bonchev–Trinajstić information content (AvgIpc) is 3.32.